The Hall–Kier alpha value is -3.34. The van der Waals surface area contributed by atoms with Gasteiger partial charge in [-0.25, -0.2) is 5.43 Å². The molecule has 2 aromatic carbocycles. The number of nitrogens with zero attached hydrogens (tertiary/aromatic N) is 3. The number of nitrogens with one attached hydrogen (secondary N) is 1. The van der Waals surface area contributed by atoms with E-state index in [9.17, 15) is 4.79 Å². The molecule has 5 nitrogen and oxygen atoms in total. The predicted octanol–water partition coefficient (Wildman–Crippen LogP) is 3.31. The molecule has 0 saturated heterocycles. The molecule has 1 heterocycles. The lowest BCUT2D eigenvalue weighted by Gasteiger charge is -2.11. The number of hydrogen-bond acceptors (Lipinski definition) is 3. The quantitative estimate of drug-likeness (QED) is 0.576. The topological polar surface area (TPSA) is 49.6 Å². The van der Waals surface area contributed by atoms with E-state index >= 15 is 0 Å². The first-order chi connectivity index (χ1) is 12.1. The summed E-state index contributed by atoms with van der Waals surface area (Å²) in [5.74, 6) is -0.236. The van der Waals surface area contributed by atoms with Gasteiger partial charge in [-0.2, -0.15) is 5.10 Å². The Kier molecular flexibility index (Phi) is 4.95. The van der Waals surface area contributed by atoms with Gasteiger partial charge in [-0.3, -0.25) is 4.79 Å². The van der Waals surface area contributed by atoms with Gasteiger partial charge in [-0.15, -0.1) is 0 Å². The Morgan fingerprint density at radius 1 is 1.00 bits per heavy atom. The fourth-order valence-corrected chi connectivity index (χ4v) is 2.38. The van der Waals surface area contributed by atoms with Crippen molar-refractivity contribution in [3.8, 4) is 5.69 Å². The number of anilines is 1. The Morgan fingerprint density at radius 3 is 2.24 bits per heavy atom. The average molecular weight is 332 g/mol. The minimum atomic E-state index is -0.236. The maximum atomic E-state index is 12.1. The van der Waals surface area contributed by atoms with Crippen molar-refractivity contribution in [3.05, 3.63) is 84.2 Å². The van der Waals surface area contributed by atoms with Crippen molar-refractivity contribution < 1.29 is 4.79 Å². The molecule has 0 spiro atoms. The van der Waals surface area contributed by atoms with E-state index in [0.717, 1.165) is 16.9 Å². The molecule has 126 valence electrons. The highest BCUT2D eigenvalue weighted by atomic mass is 16.2. The number of aromatic nitrogens is 1. The fourth-order valence-electron chi connectivity index (χ4n) is 2.38. The zero-order valence-corrected chi connectivity index (χ0v) is 14.3. The molecule has 0 aliphatic rings. The van der Waals surface area contributed by atoms with Crippen molar-refractivity contribution >= 4 is 17.8 Å². The Bertz CT molecular complexity index is 848. The first-order valence-corrected chi connectivity index (χ1v) is 7.98. The fraction of sp³-hybridized carbons (Fsp3) is 0.100. The second-order valence-electron chi connectivity index (χ2n) is 5.82. The number of benzene rings is 2. The molecule has 1 amide bonds. The zero-order valence-electron chi connectivity index (χ0n) is 14.3. The van der Waals surface area contributed by atoms with Crippen molar-refractivity contribution in [1.29, 1.82) is 0 Å². The van der Waals surface area contributed by atoms with E-state index in [1.807, 2.05) is 84.5 Å². The van der Waals surface area contributed by atoms with Crippen LogP contribution in [-0.2, 0) is 0 Å². The molecule has 0 radical (unpaired) electrons. The van der Waals surface area contributed by atoms with Gasteiger partial charge in [-0.05, 0) is 54.1 Å². The van der Waals surface area contributed by atoms with E-state index in [4.69, 9.17) is 0 Å². The lowest BCUT2D eigenvalue weighted by Crippen LogP contribution is -2.17. The van der Waals surface area contributed by atoms with Crippen molar-refractivity contribution in [2.75, 3.05) is 19.0 Å². The number of rotatable bonds is 5. The van der Waals surface area contributed by atoms with Gasteiger partial charge in [0.1, 0.15) is 0 Å². The first-order valence-electron chi connectivity index (χ1n) is 7.98. The molecule has 0 saturated carbocycles. The summed E-state index contributed by atoms with van der Waals surface area (Å²) in [5.41, 5.74) is 6.16. The van der Waals surface area contributed by atoms with E-state index in [2.05, 4.69) is 10.5 Å². The van der Waals surface area contributed by atoms with Crippen LogP contribution in [0.3, 0.4) is 0 Å². The van der Waals surface area contributed by atoms with Crippen LogP contribution in [0.15, 0.2) is 78.2 Å². The van der Waals surface area contributed by atoms with Crippen molar-refractivity contribution in [1.82, 2.24) is 9.99 Å². The molecule has 0 fully saturated rings. The summed E-state index contributed by atoms with van der Waals surface area (Å²) in [7, 11) is 3.98. The molecule has 3 aromatic rings. The van der Waals surface area contributed by atoms with Crippen LogP contribution in [0.25, 0.3) is 5.69 Å². The van der Waals surface area contributed by atoms with Crippen LogP contribution in [0, 0.1) is 0 Å². The Morgan fingerprint density at radius 2 is 1.64 bits per heavy atom. The standard InChI is InChI=1S/C20H20N4O/c1-23(2)18-9-5-16(6-10-18)15-21-22-20(25)17-7-11-19(12-8-17)24-13-3-4-14-24/h3-15H,1-2H3,(H,22,25)/b21-15+. The molecule has 3 rings (SSSR count). The van der Waals surface area contributed by atoms with Crippen LogP contribution in [0.1, 0.15) is 15.9 Å². The minimum absolute atomic E-state index is 0.236. The summed E-state index contributed by atoms with van der Waals surface area (Å²) in [6.07, 6.45) is 5.55. The normalized spacial score (nSPS) is 10.8. The van der Waals surface area contributed by atoms with E-state index in [1.54, 1.807) is 18.3 Å². The molecular weight excluding hydrogens is 312 g/mol. The number of amides is 1. The Balaban J connectivity index is 1.60. The van der Waals surface area contributed by atoms with Crippen molar-refractivity contribution in [2.45, 2.75) is 0 Å². The molecule has 0 unspecified atom stereocenters. The Labute approximate surface area is 147 Å². The molecule has 1 aromatic heterocycles. The molecule has 5 heteroatoms. The summed E-state index contributed by atoms with van der Waals surface area (Å²) in [5, 5.41) is 4.02. The van der Waals surface area contributed by atoms with Crippen molar-refractivity contribution in [3.63, 3.8) is 0 Å². The second kappa shape index (κ2) is 7.49. The van der Waals surface area contributed by atoms with Gasteiger partial charge in [-0.1, -0.05) is 12.1 Å². The second-order valence-corrected chi connectivity index (χ2v) is 5.82. The summed E-state index contributed by atoms with van der Waals surface area (Å²) >= 11 is 0. The van der Waals surface area contributed by atoms with E-state index < -0.39 is 0 Å². The molecule has 1 N–H and O–H groups in total. The summed E-state index contributed by atoms with van der Waals surface area (Å²) in [4.78, 5) is 14.2. The lowest BCUT2D eigenvalue weighted by molar-refractivity contribution is 0.0955. The van der Waals surface area contributed by atoms with Gasteiger partial charge in [0.05, 0.1) is 6.21 Å². The van der Waals surface area contributed by atoms with E-state index in [-0.39, 0.29) is 5.91 Å². The van der Waals surface area contributed by atoms with Crippen molar-refractivity contribution in [2.24, 2.45) is 5.10 Å². The number of carbonyl (C=O) groups is 1. The molecule has 0 aliphatic carbocycles. The van der Waals surface area contributed by atoms with Gasteiger partial charge in [0.2, 0.25) is 0 Å². The highest BCUT2D eigenvalue weighted by molar-refractivity contribution is 5.95. The third-order valence-electron chi connectivity index (χ3n) is 3.82. The predicted molar refractivity (Wildman–Crippen MR) is 102 cm³/mol. The highest BCUT2D eigenvalue weighted by Gasteiger charge is 2.04. The number of carbonyl (C=O) groups excluding carboxylic acids is 1. The van der Waals surface area contributed by atoms with Gasteiger partial charge < -0.3 is 9.47 Å². The van der Waals surface area contributed by atoms with Crippen LogP contribution < -0.4 is 10.3 Å². The van der Waals surface area contributed by atoms with Crippen LogP contribution >= 0.6 is 0 Å². The minimum Gasteiger partial charge on any atom is -0.378 e. The van der Waals surface area contributed by atoms with Gasteiger partial charge in [0.15, 0.2) is 0 Å². The molecular formula is C20H20N4O. The van der Waals surface area contributed by atoms with Gasteiger partial charge in [0.25, 0.3) is 5.91 Å². The third kappa shape index (κ3) is 4.14. The van der Waals surface area contributed by atoms with Crippen LogP contribution in [0.2, 0.25) is 0 Å². The molecule has 0 aliphatic heterocycles. The first kappa shape index (κ1) is 16.5. The molecule has 0 atom stereocenters. The van der Waals surface area contributed by atoms with Crippen LogP contribution in [-0.4, -0.2) is 30.8 Å². The molecule has 0 bridgehead atoms. The van der Waals surface area contributed by atoms with Gasteiger partial charge in [0, 0.05) is 43.4 Å². The van der Waals surface area contributed by atoms with E-state index in [1.165, 1.54) is 0 Å². The maximum Gasteiger partial charge on any atom is 0.271 e. The summed E-state index contributed by atoms with van der Waals surface area (Å²) in [6, 6.07) is 19.2. The maximum absolute atomic E-state index is 12.1. The summed E-state index contributed by atoms with van der Waals surface area (Å²) < 4.78 is 1.98. The summed E-state index contributed by atoms with van der Waals surface area (Å²) in [6.45, 7) is 0. The monoisotopic (exact) mass is 332 g/mol. The molecule has 25 heavy (non-hydrogen) atoms. The number of hydrazone groups is 1. The van der Waals surface area contributed by atoms with Crippen LogP contribution in [0.4, 0.5) is 5.69 Å². The lowest BCUT2D eigenvalue weighted by atomic mass is 10.2. The third-order valence-corrected chi connectivity index (χ3v) is 3.82. The van der Waals surface area contributed by atoms with Crippen LogP contribution in [0.5, 0.6) is 0 Å². The number of hydrogen-bond donors (Lipinski definition) is 1. The van der Waals surface area contributed by atoms with E-state index in [0.29, 0.717) is 5.56 Å². The zero-order chi connectivity index (χ0) is 17.6. The van der Waals surface area contributed by atoms with Gasteiger partial charge >= 0.3 is 0 Å². The smallest absolute Gasteiger partial charge is 0.271 e. The SMILES string of the molecule is CN(C)c1ccc(/C=N/NC(=O)c2ccc(-n3cccc3)cc2)cc1. The average Bonchev–Trinajstić information content (AvgIpc) is 3.17. The largest absolute Gasteiger partial charge is 0.378 e. The highest BCUT2D eigenvalue weighted by Crippen LogP contribution is 2.11.